The number of aromatic nitrogens is 4. The summed E-state index contributed by atoms with van der Waals surface area (Å²) in [6.07, 6.45) is 0. The molecule has 0 radical (unpaired) electrons. The Hall–Kier alpha value is -1.86. The van der Waals surface area contributed by atoms with Gasteiger partial charge >= 0.3 is 5.69 Å². The van der Waals surface area contributed by atoms with Crippen molar-refractivity contribution in [3.63, 3.8) is 0 Å². The number of imidazole rings is 2. The molecule has 0 bridgehead atoms. The van der Waals surface area contributed by atoms with Gasteiger partial charge in [0.2, 0.25) is 0 Å². The number of fused-ring (bicyclic) bond motifs is 1. The molecule has 0 aliphatic heterocycles. The molecule has 2 aromatic heterocycles. The van der Waals surface area contributed by atoms with Crippen molar-refractivity contribution in [3.8, 4) is 11.3 Å². The van der Waals surface area contributed by atoms with Crippen LogP contribution in [0.2, 0.25) is 0 Å². The van der Waals surface area contributed by atoms with Gasteiger partial charge in [-0.2, -0.15) is 0 Å². The van der Waals surface area contributed by atoms with Crippen molar-refractivity contribution < 1.29 is 0 Å². The van der Waals surface area contributed by atoms with Crippen LogP contribution in [-0.2, 0) is 6.54 Å². The van der Waals surface area contributed by atoms with Crippen LogP contribution in [0.1, 0.15) is 5.82 Å². The molecule has 0 spiro atoms. The molecule has 1 aromatic carbocycles. The van der Waals surface area contributed by atoms with E-state index < -0.39 is 0 Å². The number of benzene rings is 1. The van der Waals surface area contributed by atoms with Gasteiger partial charge < -0.3 is 20.3 Å². The fraction of sp³-hybridized carbons (Fsp3) is 0.167. The van der Waals surface area contributed by atoms with Gasteiger partial charge in [-0.15, -0.1) is 0 Å². The Balaban J connectivity index is 2.10. The average molecular weight is 322 g/mol. The van der Waals surface area contributed by atoms with E-state index in [1.807, 2.05) is 25.2 Å². The lowest BCUT2D eigenvalue weighted by molar-refractivity contribution is 0.771. The number of aromatic amines is 3. The highest BCUT2D eigenvalue weighted by molar-refractivity contribution is 9.10. The molecule has 3 rings (SSSR count). The molecule has 0 fully saturated rings. The zero-order valence-corrected chi connectivity index (χ0v) is 11.8. The summed E-state index contributed by atoms with van der Waals surface area (Å²) < 4.78 is 0.829. The van der Waals surface area contributed by atoms with E-state index in [9.17, 15) is 4.79 Å². The number of nitrogens with one attached hydrogen (secondary N) is 4. The molecule has 7 heteroatoms. The third-order valence-electron chi connectivity index (χ3n) is 2.84. The molecule has 19 heavy (non-hydrogen) atoms. The monoisotopic (exact) mass is 321 g/mol. The lowest BCUT2D eigenvalue weighted by atomic mass is 10.1. The quantitative estimate of drug-likeness (QED) is 0.592. The normalized spacial score (nSPS) is 11.3. The summed E-state index contributed by atoms with van der Waals surface area (Å²) in [5.41, 5.74) is 3.12. The first-order chi connectivity index (χ1) is 9.17. The molecule has 6 nitrogen and oxygen atoms in total. The van der Waals surface area contributed by atoms with Crippen LogP contribution in [0, 0.1) is 0 Å². The highest BCUT2D eigenvalue weighted by atomic mass is 79.9. The number of hydrogen-bond donors (Lipinski definition) is 4. The maximum atomic E-state index is 11.2. The summed E-state index contributed by atoms with van der Waals surface area (Å²) in [5.74, 6) is 0.854. The van der Waals surface area contributed by atoms with Crippen molar-refractivity contribution >= 4 is 27.0 Å². The summed E-state index contributed by atoms with van der Waals surface area (Å²) in [5, 5.41) is 3.04. The molecular weight excluding hydrogens is 310 g/mol. The van der Waals surface area contributed by atoms with Crippen molar-refractivity contribution in [2.24, 2.45) is 0 Å². The first-order valence-corrected chi connectivity index (χ1v) is 6.58. The lowest BCUT2D eigenvalue weighted by Gasteiger charge is -1.98. The second-order valence-electron chi connectivity index (χ2n) is 4.22. The Morgan fingerprint density at radius 1 is 1.26 bits per heavy atom. The molecule has 2 heterocycles. The average Bonchev–Trinajstić information content (AvgIpc) is 2.90. The number of nitrogens with zero attached hydrogens (tertiary/aromatic N) is 1. The maximum Gasteiger partial charge on any atom is 0.323 e. The Morgan fingerprint density at radius 2 is 2.05 bits per heavy atom. The van der Waals surface area contributed by atoms with Crippen molar-refractivity contribution in [2.45, 2.75) is 6.54 Å². The van der Waals surface area contributed by atoms with E-state index in [-0.39, 0.29) is 5.69 Å². The van der Waals surface area contributed by atoms with E-state index in [4.69, 9.17) is 0 Å². The number of H-pyrrole nitrogens is 3. The van der Waals surface area contributed by atoms with Crippen molar-refractivity contribution in [1.82, 2.24) is 25.3 Å². The van der Waals surface area contributed by atoms with Gasteiger partial charge in [-0.05, 0) is 35.1 Å². The SMILES string of the molecule is CNCc1nc(-c2ccc3[nH]c(=O)[nH]c3c2)c(Br)[nH]1. The third kappa shape index (κ3) is 2.22. The molecule has 0 saturated carbocycles. The van der Waals surface area contributed by atoms with Gasteiger partial charge in [0, 0.05) is 5.56 Å². The smallest absolute Gasteiger partial charge is 0.323 e. The Kier molecular flexibility index (Phi) is 3.00. The Labute approximate surface area is 116 Å². The van der Waals surface area contributed by atoms with Crippen molar-refractivity contribution in [3.05, 3.63) is 39.1 Å². The van der Waals surface area contributed by atoms with Gasteiger partial charge in [0.15, 0.2) is 0 Å². The zero-order valence-electron chi connectivity index (χ0n) is 10.2. The van der Waals surface area contributed by atoms with Crippen molar-refractivity contribution in [2.75, 3.05) is 7.05 Å². The predicted octanol–water partition coefficient (Wildman–Crippen LogP) is 1.73. The van der Waals surface area contributed by atoms with E-state index in [1.54, 1.807) is 0 Å². The summed E-state index contributed by atoms with van der Waals surface area (Å²) in [6, 6.07) is 5.69. The van der Waals surface area contributed by atoms with Crippen LogP contribution in [0.3, 0.4) is 0 Å². The summed E-state index contributed by atoms with van der Waals surface area (Å²) in [7, 11) is 1.87. The molecule has 0 aliphatic carbocycles. The van der Waals surface area contributed by atoms with Gasteiger partial charge in [-0.1, -0.05) is 6.07 Å². The molecule has 0 amide bonds. The first-order valence-electron chi connectivity index (χ1n) is 5.79. The molecule has 0 saturated heterocycles. The van der Waals surface area contributed by atoms with E-state index >= 15 is 0 Å². The minimum Gasteiger partial charge on any atom is -0.335 e. The summed E-state index contributed by atoms with van der Waals surface area (Å²) >= 11 is 3.47. The van der Waals surface area contributed by atoms with E-state index in [2.05, 4.69) is 41.2 Å². The van der Waals surface area contributed by atoms with Gasteiger partial charge in [-0.3, -0.25) is 0 Å². The molecule has 0 atom stereocenters. The predicted molar refractivity (Wildman–Crippen MR) is 77.0 cm³/mol. The van der Waals surface area contributed by atoms with Crippen LogP contribution < -0.4 is 11.0 Å². The van der Waals surface area contributed by atoms with Gasteiger partial charge in [0.25, 0.3) is 0 Å². The molecule has 0 unspecified atom stereocenters. The van der Waals surface area contributed by atoms with E-state index in [1.165, 1.54) is 0 Å². The summed E-state index contributed by atoms with van der Waals surface area (Å²) in [6.45, 7) is 0.668. The van der Waals surface area contributed by atoms with Crippen LogP contribution in [-0.4, -0.2) is 27.0 Å². The summed E-state index contributed by atoms with van der Waals surface area (Å²) in [4.78, 5) is 24.4. The fourth-order valence-corrected chi connectivity index (χ4v) is 2.57. The van der Waals surface area contributed by atoms with Gasteiger partial charge in [0.1, 0.15) is 16.1 Å². The number of rotatable bonds is 3. The standard InChI is InChI=1S/C12H12BrN5O/c1-14-5-9-17-10(11(13)18-9)6-2-3-7-8(4-6)16-12(19)15-7/h2-4,14H,5H2,1H3,(H,17,18)(H2,15,16,19). The highest BCUT2D eigenvalue weighted by Gasteiger charge is 2.11. The van der Waals surface area contributed by atoms with Crippen molar-refractivity contribution in [1.29, 1.82) is 0 Å². The van der Waals surface area contributed by atoms with Crippen LogP contribution >= 0.6 is 15.9 Å². The molecule has 98 valence electrons. The Bertz CT molecular complexity index is 785. The van der Waals surface area contributed by atoms with E-state index in [0.717, 1.165) is 32.7 Å². The molecule has 0 aliphatic rings. The maximum absolute atomic E-state index is 11.2. The molecule has 4 N–H and O–H groups in total. The topological polar surface area (TPSA) is 89.4 Å². The fourth-order valence-electron chi connectivity index (χ4n) is 2.02. The number of hydrogen-bond acceptors (Lipinski definition) is 3. The van der Waals surface area contributed by atoms with Crippen LogP contribution in [0.5, 0.6) is 0 Å². The first kappa shape index (κ1) is 12.2. The Morgan fingerprint density at radius 3 is 2.84 bits per heavy atom. The second kappa shape index (κ2) is 4.67. The lowest BCUT2D eigenvalue weighted by Crippen LogP contribution is -2.06. The van der Waals surface area contributed by atoms with Crippen LogP contribution in [0.4, 0.5) is 0 Å². The van der Waals surface area contributed by atoms with Gasteiger partial charge in [-0.25, -0.2) is 9.78 Å². The minimum absolute atomic E-state index is 0.205. The minimum atomic E-state index is -0.205. The molecular formula is C12H12BrN5O. The van der Waals surface area contributed by atoms with Gasteiger partial charge in [0.05, 0.1) is 17.6 Å². The van der Waals surface area contributed by atoms with E-state index in [0.29, 0.717) is 6.54 Å². The number of halogens is 1. The third-order valence-corrected chi connectivity index (χ3v) is 3.42. The highest BCUT2D eigenvalue weighted by Crippen LogP contribution is 2.27. The van der Waals surface area contributed by atoms with Crippen LogP contribution in [0.15, 0.2) is 27.6 Å². The van der Waals surface area contributed by atoms with Crippen LogP contribution in [0.25, 0.3) is 22.3 Å². The largest absolute Gasteiger partial charge is 0.335 e. The molecule has 3 aromatic rings. The zero-order chi connectivity index (χ0) is 13.4. The second-order valence-corrected chi connectivity index (χ2v) is 5.01.